The maximum atomic E-state index is 12.3. The Labute approximate surface area is 202 Å². The molecular weight excluding hydrogens is 446 g/mol. The Hall–Kier alpha value is -3.52. The molecule has 174 valence electrons. The van der Waals surface area contributed by atoms with Crippen molar-refractivity contribution in [2.24, 2.45) is 5.92 Å². The van der Waals surface area contributed by atoms with Crippen molar-refractivity contribution in [1.29, 1.82) is 0 Å². The minimum atomic E-state index is -0.518. The highest BCUT2D eigenvalue weighted by molar-refractivity contribution is 7.08. The minimum absolute atomic E-state index is 0.142. The lowest BCUT2D eigenvalue weighted by Crippen LogP contribution is -2.40. The van der Waals surface area contributed by atoms with Crippen molar-refractivity contribution < 1.29 is 0 Å². The van der Waals surface area contributed by atoms with E-state index >= 15 is 0 Å². The van der Waals surface area contributed by atoms with Crippen LogP contribution >= 0.6 is 11.3 Å². The van der Waals surface area contributed by atoms with Gasteiger partial charge in [0.25, 0.3) is 10.9 Å². The van der Waals surface area contributed by atoms with E-state index in [0.717, 1.165) is 24.1 Å². The van der Waals surface area contributed by atoms with Gasteiger partial charge in [0, 0.05) is 17.9 Å². The van der Waals surface area contributed by atoms with E-state index in [4.69, 9.17) is 0 Å². The summed E-state index contributed by atoms with van der Waals surface area (Å²) >= 11 is 1.67. The monoisotopic (exact) mass is 473 g/mol. The lowest BCUT2D eigenvalue weighted by Gasteiger charge is -2.29. The maximum absolute atomic E-state index is 12.3. The van der Waals surface area contributed by atoms with E-state index in [1.807, 2.05) is 24.3 Å². The van der Waals surface area contributed by atoms with Crippen LogP contribution in [-0.4, -0.2) is 16.0 Å². The molecule has 0 radical (unpaired) electrons. The number of nitrogens with zero attached hydrogens (tertiary/aromatic N) is 2. The number of nitrogens with one attached hydrogen (secondary N) is 3. The third-order valence-electron chi connectivity index (χ3n) is 6.54. The van der Waals surface area contributed by atoms with Gasteiger partial charge in [-0.05, 0) is 71.8 Å². The molecule has 0 aliphatic heterocycles. The molecule has 3 N–H and O–H groups in total. The predicted octanol–water partition coefficient (Wildman–Crippen LogP) is 5.67. The summed E-state index contributed by atoms with van der Waals surface area (Å²) in [7, 11) is 0. The van der Waals surface area contributed by atoms with Crippen molar-refractivity contribution in [3.8, 4) is 11.1 Å². The van der Waals surface area contributed by atoms with Crippen LogP contribution in [0.4, 0.5) is 28.8 Å². The molecule has 4 aromatic rings. The van der Waals surface area contributed by atoms with Crippen LogP contribution in [0.1, 0.15) is 39.0 Å². The van der Waals surface area contributed by atoms with E-state index in [1.54, 1.807) is 23.6 Å². The van der Waals surface area contributed by atoms with Crippen molar-refractivity contribution in [3.05, 3.63) is 73.8 Å². The fraction of sp³-hybridized carbons (Fsp3) is 0.308. The smallest absolute Gasteiger partial charge is 0.253 e. The summed E-state index contributed by atoms with van der Waals surface area (Å²) in [6, 6.07) is 11.9. The molecule has 5 rings (SSSR count). The van der Waals surface area contributed by atoms with Crippen molar-refractivity contribution in [1.82, 2.24) is 9.97 Å². The number of hydrogen-bond acceptors (Lipinski definition) is 8. The highest BCUT2D eigenvalue weighted by atomic mass is 32.1. The van der Waals surface area contributed by atoms with Crippen LogP contribution in [0.25, 0.3) is 11.1 Å². The zero-order chi connectivity index (χ0) is 23.5. The summed E-state index contributed by atoms with van der Waals surface area (Å²) in [4.78, 5) is 33.3. The molecule has 2 aromatic heterocycles. The molecule has 2 heterocycles. The van der Waals surface area contributed by atoms with Gasteiger partial charge in [-0.25, -0.2) is 4.98 Å². The fourth-order valence-corrected chi connectivity index (χ4v) is 5.21. The molecule has 0 spiro atoms. The first-order valence-corrected chi connectivity index (χ1v) is 12.6. The van der Waals surface area contributed by atoms with Crippen molar-refractivity contribution in [2.75, 3.05) is 16.0 Å². The average Bonchev–Trinajstić information content (AvgIpc) is 3.42. The van der Waals surface area contributed by atoms with E-state index < -0.39 is 10.9 Å². The normalized spacial score (nSPS) is 15.2. The average molecular weight is 474 g/mol. The van der Waals surface area contributed by atoms with Crippen molar-refractivity contribution >= 4 is 40.2 Å². The molecule has 1 aliphatic carbocycles. The van der Waals surface area contributed by atoms with Gasteiger partial charge in [0.05, 0.1) is 0 Å². The molecule has 0 saturated heterocycles. The molecule has 1 fully saturated rings. The molecule has 0 amide bonds. The highest BCUT2D eigenvalue weighted by Gasteiger charge is 2.26. The van der Waals surface area contributed by atoms with Gasteiger partial charge in [0.2, 0.25) is 5.95 Å². The van der Waals surface area contributed by atoms with Crippen molar-refractivity contribution in [2.45, 2.75) is 45.1 Å². The van der Waals surface area contributed by atoms with Gasteiger partial charge in [-0.1, -0.05) is 31.4 Å². The second kappa shape index (κ2) is 9.77. The number of benzene rings is 1. The summed E-state index contributed by atoms with van der Waals surface area (Å²) in [5.74, 6) is 1.37. The van der Waals surface area contributed by atoms with Crippen LogP contribution in [0.5, 0.6) is 0 Å². The Morgan fingerprint density at radius 1 is 0.912 bits per heavy atom. The zero-order valence-electron chi connectivity index (χ0n) is 19.0. The Bertz CT molecular complexity index is 1320. The second-order valence-electron chi connectivity index (χ2n) is 8.84. The van der Waals surface area contributed by atoms with E-state index in [1.165, 1.54) is 24.8 Å². The number of hydrogen-bond donors (Lipinski definition) is 3. The summed E-state index contributed by atoms with van der Waals surface area (Å²) in [5, 5.41) is 13.7. The number of anilines is 5. The van der Waals surface area contributed by atoms with E-state index in [9.17, 15) is 9.59 Å². The summed E-state index contributed by atoms with van der Waals surface area (Å²) in [5.41, 5.74) is 2.84. The van der Waals surface area contributed by atoms with E-state index in [2.05, 4.69) is 49.7 Å². The van der Waals surface area contributed by atoms with Gasteiger partial charge in [0.15, 0.2) is 0 Å². The number of rotatable bonds is 8. The van der Waals surface area contributed by atoms with Gasteiger partial charge in [0.1, 0.15) is 17.2 Å². The molecule has 1 saturated carbocycles. The van der Waals surface area contributed by atoms with Gasteiger partial charge in [-0.2, -0.15) is 16.3 Å². The largest absolute Gasteiger partial charge is 0.377 e. The third-order valence-corrected chi connectivity index (χ3v) is 7.23. The Kier molecular flexibility index (Phi) is 6.40. The molecule has 7 nitrogen and oxygen atoms in total. The van der Waals surface area contributed by atoms with Crippen LogP contribution in [0, 0.1) is 5.92 Å². The second-order valence-corrected chi connectivity index (χ2v) is 9.62. The van der Waals surface area contributed by atoms with E-state index in [0.29, 0.717) is 23.4 Å². The third kappa shape index (κ3) is 4.72. The fourth-order valence-electron chi connectivity index (χ4n) is 4.55. The molecular formula is C26H27N5O2S. The van der Waals surface area contributed by atoms with Crippen LogP contribution in [0.2, 0.25) is 0 Å². The van der Waals surface area contributed by atoms with Gasteiger partial charge in [-0.15, -0.1) is 0 Å². The minimum Gasteiger partial charge on any atom is -0.377 e. The summed E-state index contributed by atoms with van der Waals surface area (Å²) in [6.07, 6.45) is 7.64. The Balaban J connectivity index is 1.27. The van der Waals surface area contributed by atoms with Gasteiger partial charge < -0.3 is 16.0 Å². The van der Waals surface area contributed by atoms with E-state index in [-0.39, 0.29) is 11.7 Å². The van der Waals surface area contributed by atoms with Crippen molar-refractivity contribution in [3.63, 3.8) is 0 Å². The number of aromatic nitrogens is 2. The Morgan fingerprint density at radius 3 is 2.41 bits per heavy atom. The zero-order valence-corrected chi connectivity index (χ0v) is 19.8. The summed E-state index contributed by atoms with van der Waals surface area (Å²) in [6.45, 7) is 2.09. The molecule has 34 heavy (non-hydrogen) atoms. The maximum Gasteiger partial charge on any atom is 0.253 e. The van der Waals surface area contributed by atoms with Gasteiger partial charge in [-0.3, -0.25) is 9.59 Å². The van der Waals surface area contributed by atoms with Crippen LogP contribution in [0.3, 0.4) is 0 Å². The topological polar surface area (TPSA) is 96.0 Å². The molecule has 2 aromatic carbocycles. The SMILES string of the molecule is C[C@@H](Nc1c(Nc2ccnc(Nc3ccc(-c4ccsc4)cc3)n2)c(=O)c1=O)C1CCCCC1. The predicted molar refractivity (Wildman–Crippen MR) is 139 cm³/mol. The van der Waals surface area contributed by atoms with Gasteiger partial charge >= 0.3 is 0 Å². The first-order chi connectivity index (χ1) is 16.6. The summed E-state index contributed by atoms with van der Waals surface area (Å²) < 4.78 is 0. The molecule has 1 atom stereocenters. The lowest BCUT2D eigenvalue weighted by molar-refractivity contribution is 0.328. The van der Waals surface area contributed by atoms with Crippen LogP contribution < -0.4 is 26.8 Å². The highest BCUT2D eigenvalue weighted by Crippen LogP contribution is 2.30. The lowest BCUT2D eigenvalue weighted by atomic mass is 9.84. The Morgan fingerprint density at radius 2 is 1.68 bits per heavy atom. The molecule has 0 unspecified atom stereocenters. The molecule has 1 aliphatic rings. The number of thiophene rings is 1. The molecule has 8 heteroatoms. The van der Waals surface area contributed by atoms with Crippen LogP contribution in [0.15, 0.2) is 62.9 Å². The molecule has 0 bridgehead atoms. The standard InChI is InChI=1S/C26H27N5O2S/c1-16(17-5-3-2-4-6-17)28-22-23(25(33)24(22)32)30-21-11-13-27-26(31-21)29-20-9-7-18(8-10-20)19-12-14-34-15-19/h7-17,28H,2-6H2,1H3,(H2,27,29,30,31)/t16-/m1/s1. The van der Waals surface area contributed by atoms with Crippen LogP contribution in [-0.2, 0) is 0 Å². The quantitative estimate of drug-likeness (QED) is 0.284. The first-order valence-electron chi connectivity index (χ1n) is 11.7. The first kappa shape index (κ1) is 22.3.